The zero-order valence-corrected chi connectivity index (χ0v) is 12.0. The van der Waals surface area contributed by atoms with Crippen LogP contribution in [0.5, 0.6) is 0 Å². The minimum Gasteiger partial charge on any atom is -0.444 e. The Morgan fingerprint density at radius 3 is 2.37 bits per heavy atom. The molecule has 19 heavy (non-hydrogen) atoms. The molecular formula is C13H22N2O4. The van der Waals surface area contributed by atoms with Crippen molar-refractivity contribution < 1.29 is 19.4 Å². The van der Waals surface area contributed by atoms with Gasteiger partial charge in [-0.15, -0.1) is 0 Å². The van der Waals surface area contributed by atoms with E-state index in [4.69, 9.17) is 4.74 Å². The van der Waals surface area contributed by atoms with E-state index in [0.717, 1.165) is 0 Å². The molecule has 2 aliphatic heterocycles. The maximum absolute atomic E-state index is 11.9. The molecule has 0 aromatic heterocycles. The van der Waals surface area contributed by atoms with Crippen LogP contribution in [0.25, 0.3) is 0 Å². The van der Waals surface area contributed by atoms with E-state index < -0.39 is 11.7 Å². The highest BCUT2D eigenvalue weighted by atomic mass is 16.6. The largest absolute Gasteiger partial charge is 0.444 e. The standard InChI is InChI=1S/C13H22N2O4/c1-9(16)15-6-10(17)5-13(15)7-14(8-13)11(18)19-12(2,3)4/h10,17H,5-8H2,1-4H3. The predicted molar refractivity (Wildman–Crippen MR) is 68.5 cm³/mol. The Morgan fingerprint density at radius 2 is 1.89 bits per heavy atom. The summed E-state index contributed by atoms with van der Waals surface area (Å²) in [4.78, 5) is 26.7. The molecule has 1 atom stereocenters. The Hall–Kier alpha value is -1.30. The number of carbonyl (C=O) groups excluding carboxylic acids is 2. The molecule has 108 valence electrons. The molecule has 0 aromatic rings. The van der Waals surface area contributed by atoms with E-state index in [0.29, 0.717) is 26.1 Å². The van der Waals surface area contributed by atoms with Gasteiger partial charge in [0.15, 0.2) is 0 Å². The Bertz CT molecular complexity index is 396. The first-order valence-corrected chi connectivity index (χ1v) is 6.57. The molecule has 6 heteroatoms. The van der Waals surface area contributed by atoms with Crippen molar-refractivity contribution in [2.75, 3.05) is 19.6 Å². The maximum Gasteiger partial charge on any atom is 0.410 e. The van der Waals surface area contributed by atoms with E-state index in [2.05, 4.69) is 0 Å². The van der Waals surface area contributed by atoms with Crippen molar-refractivity contribution in [3.05, 3.63) is 0 Å². The lowest BCUT2D eigenvalue weighted by molar-refractivity contribution is -0.139. The molecule has 2 amide bonds. The van der Waals surface area contributed by atoms with Gasteiger partial charge in [0.1, 0.15) is 5.60 Å². The average Bonchev–Trinajstić information content (AvgIpc) is 2.50. The zero-order chi connectivity index (χ0) is 14.4. The summed E-state index contributed by atoms with van der Waals surface area (Å²) in [6, 6.07) is 0. The van der Waals surface area contributed by atoms with Gasteiger partial charge < -0.3 is 19.6 Å². The SMILES string of the molecule is CC(=O)N1CC(O)CC12CN(C(=O)OC(C)(C)C)C2. The van der Waals surface area contributed by atoms with Crippen LogP contribution in [-0.4, -0.2) is 63.8 Å². The van der Waals surface area contributed by atoms with Crippen LogP contribution < -0.4 is 0 Å². The number of β-amino-alcohol motifs (C(OH)–C–C–N with tert-alkyl or cyclic N) is 1. The van der Waals surface area contributed by atoms with Gasteiger partial charge >= 0.3 is 6.09 Å². The second-order valence-electron chi connectivity index (χ2n) is 6.55. The Labute approximate surface area is 113 Å². The van der Waals surface area contributed by atoms with Crippen molar-refractivity contribution in [1.82, 2.24) is 9.80 Å². The minimum atomic E-state index is -0.519. The normalized spacial score (nSPS) is 25.4. The van der Waals surface area contributed by atoms with Gasteiger partial charge in [0.25, 0.3) is 0 Å². The number of aliphatic hydroxyl groups excluding tert-OH is 1. The van der Waals surface area contributed by atoms with Gasteiger partial charge in [-0.3, -0.25) is 4.79 Å². The van der Waals surface area contributed by atoms with E-state index in [-0.39, 0.29) is 17.5 Å². The third-order valence-electron chi connectivity index (χ3n) is 3.58. The second kappa shape index (κ2) is 4.37. The summed E-state index contributed by atoms with van der Waals surface area (Å²) in [5, 5.41) is 9.73. The highest BCUT2D eigenvalue weighted by Gasteiger charge is 2.56. The summed E-state index contributed by atoms with van der Waals surface area (Å²) in [5.41, 5.74) is -0.905. The lowest BCUT2D eigenvalue weighted by atomic mass is 9.86. The first-order chi connectivity index (χ1) is 8.63. The molecule has 1 spiro atoms. The van der Waals surface area contributed by atoms with Crippen molar-refractivity contribution >= 4 is 12.0 Å². The Kier molecular flexibility index (Phi) is 3.24. The third-order valence-corrected chi connectivity index (χ3v) is 3.58. The number of hydrogen-bond acceptors (Lipinski definition) is 4. The third kappa shape index (κ3) is 2.68. The minimum absolute atomic E-state index is 0.0552. The molecule has 2 heterocycles. The molecule has 1 unspecified atom stereocenters. The van der Waals surface area contributed by atoms with Gasteiger partial charge in [0.2, 0.25) is 5.91 Å². The van der Waals surface area contributed by atoms with Crippen LogP contribution in [0.1, 0.15) is 34.1 Å². The van der Waals surface area contributed by atoms with Gasteiger partial charge in [-0.1, -0.05) is 0 Å². The topological polar surface area (TPSA) is 70.1 Å². The predicted octanol–water partition coefficient (Wildman–Crippen LogP) is 0.589. The molecule has 0 radical (unpaired) electrons. The highest BCUT2D eigenvalue weighted by molar-refractivity contribution is 5.76. The number of rotatable bonds is 0. The molecular weight excluding hydrogens is 248 g/mol. The fraction of sp³-hybridized carbons (Fsp3) is 0.846. The fourth-order valence-corrected chi connectivity index (χ4v) is 2.90. The molecule has 2 aliphatic rings. The van der Waals surface area contributed by atoms with Gasteiger partial charge in [0, 0.05) is 33.0 Å². The van der Waals surface area contributed by atoms with Crippen molar-refractivity contribution in [1.29, 1.82) is 0 Å². The molecule has 0 aliphatic carbocycles. The quantitative estimate of drug-likeness (QED) is 0.699. The first-order valence-electron chi connectivity index (χ1n) is 6.57. The lowest BCUT2D eigenvalue weighted by Gasteiger charge is -2.51. The molecule has 2 rings (SSSR count). The summed E-state index contributed by atoms with van der Waals surface area (Å²) < 4.78 is 5.29. The summed E-state index contributed by atoms with van der Waals surface area (Å²) >= 11 is 0. The maximum atomic E-state index is 11.9. The Balaban J connectivity index is 1.98. The number of amides is 2. The highest BCUT2D eigenvalue weighted by Crippen LogP contribution is 2.38. The van der Waals surface area contributed by atoms with Crippen molar-refractivity contribution in [2.45, 2.75) is 51.4 Å². The van der Waals surface area contributed by atoms with E-state index in [1.165, 1.54) is 6.92 Å². The monoisotopic (exact) mass is 270 g/mol. The van der Waals surface area contributed by atoms with Crippen LogP contribution in [0.3, 0.4) is 0 Å². The lowest BCUT2D eigenvalue weighted by Crippen LogP contribution is -2.70. The van der Waals surface area contributed by atoms with E-state index >= 15 is 0 Å². The Morgan fingerprint density at radius 1 is 1.32 bits per heavy atom. The van der Waals surface area contributed by atoms with Crippen LogP contribution in [0.4, 0.5) is 4.79 Å². The van der Waals surface area contributed by atoms with Gasteiger partial charge in [0.05, 0.1) is 11.6 Å². The molecule has 0 saturated carbocycles. The summed E-state index contributed by atoms with van der Waals surface area (Å²) in [7, 11) is 0. The molecule has 2 fully saturated rings. The number of aliphatic hydroxyl groups is 1. The van der Waals surface area contributed by atoms with Crippen LogP contribution in [-0.2, 0) is 9.53 Å². The van der Waals surface area contributed by atoms with Crippen LogP contribution >= 0.6 is 0 Å². The van der Waals surface area contributed by atoms with Crippen molar-refractivity contribution in [2.24, 2.45) is 0 Å². The molecule has 0 aromatic carbocycles. The second-order valence-corrected chi connectivity index (χ2v) is 6.55. The average molecular weight is 270 g/mol. The summed E-state index contributed by atoms with van der Waals surface area (Å²) in [6.07, 6.45) is -0.320. The van der Waals surface area contributed by atoms with Gasteiger partial charge in [-0.2, -0.15) is 0 Å². The van der Waals surface area contributed by atoms with Crippen molar-refractivity contribution in [3.8, 4) is 0 Å². The fourth-order valence-electron chi connectivity index (χ4n) is 2.90. The van der Waals surface area contributed by atoms with Gasteiger partial charge in [-0.25, -0.2) is 4.79 Å². The van der Waals surface area contributed by atoms with E-state index in [1.54, 1.807) is 9.80 Å². The summed E-state index contributed by atoms with van der Waals surface area (Å²) in [5.74, 6) is -0.0552. The van der Waals surface area contributed by atoms with E-state index in [1.807, 2.05) is 20.8 Å². The van der Waals surface area contributed by atoms with Gasteiger partial charge in [-0.05, 0) is 20.8 Å². The first kappa shape index (κ1) is 14.1. The summed E-state index contributed by atoms with van der Waals surface area (Å²) in [6.45, 7) is 8.20. The van der Waals surface area contributed by atoms with E-state index in [9.17, 15) is 14.7 Å². The number of hydrogen-bond donors (Lipinski definition) is 1. The van der Waals surface area contributed by atoms with Crippen LogP contribution in [0.15, 0.2) is 0 Å². The molecule has 2 saturated heterocycles. The van der Waals surface area contributed by atoms with Crippen molar-refractivity contribution in [3.63, 3.8) is 0 Å². The number of nitrogens with zero attached hydrogens (tertiary/aromatic N) is 2. The smallest absolute Gasteiger partial charge is 0.410 e. The zero-order valence-electron chi connectivity index (χ0n) is 12.0. The molecule has 0 bridgehead atoms. The number of carbonyl (C=O) groups is 2. The molecule has 1 N–H and O–H groups in total. The van der Waals surface area contributed by atoms with Crippen LogP contribution in [0.2, 0.25) is 0 Å². The molecule has 6 nitrogen and oxygen atoms in total. The number of ether oxygens (including phenoxy) is 1. The van der Waals surface area contributed by atoms with Crippen LogP contribution in [0, 0.1) is 0 Å². The number of likely N-dealkylation sites (tertiary alicyclic amines) is 2.